The number of benzene rings is 2. The van der Waals surface area contributed by atoms with Crippen LogP contribution in [0, 0.1) is 0 Å². The summed E-state index contributed by atoms with van der Waals surface area (Å²) in [6.45, 7) is 0.542. The number of carbonyl (C=O) groups excluding carboxylic acids is 1. The fourth-order valence-electron chi connectivity index (χ4n) is 2.65. The lowest BCUT2D eigenvalue weighted by Gasteiger charge is -2.33. The van der Waals surface area contributed by atoms with E-state index in [9.17, 15) is 4.79 Å². The molecule has 3 rings (SSSR count). The van der Waals surface area contributed by atoms with Gasteiger partial charge in [0.15, 0.2) is 0 Å². The SMILES string of the molecule is NC1Cc2ccccc2N(C(=O)c2cc(Br)cc(Br)c2)C1. The van der Waals surface area contributed by atoms with Gasteiger partial charge in [-0.3, -0.25) is 4.79 Å². The van der Waals surface area contributed by atoms with E-state index >= 15 is 0 Å². The fourth-order valence-corrected chi connectivity index (χ4v) is 3.95. The van der Waals surface area contributed by atoms with Crippen LogP contribution >= 0.6 is 31.9 Å². The lowest BCUT2D eigenvalue weighted by atomic mass is 9.97. The Hall–Kier alpha value is -1.17. The summed E-state index contributed by atoms with van der Waals surface area (Å²) in [4.78, 5) is 14.6. The third kappa shape index (κ3) is 3.05. The molecule has 1 unspecified atom stereocenters. The van der Waals surface area contributed by atoms with Gasteiger partial charge in [0.1, 0.15) is 0 Å². The molecule has 0 radical (unpaired) electrons. The van der Waals surface area contributed by atoms with Gasteiger partial charge in [0.2, 0.25) is 0 Å². The minimum absolute atomic E-state index is 0.0281. The lowest BCUT2D eigenvalue weighted by molar-refractivity contribution is 0.0983. The van der Waals surface area contributed by atoms with Crippen LogP contribution in [0.1, 0.15) is 15.9 Å². The van der Waals surface area contributed by atoms with Gasteiger partial charge < -0.3 is 10.6 Å². The van der Waals surface area contributed by atoms with E-state index in [-0.39, 0.29) is 11.9 Å². The Morgan fingerprint density at radius 3 is 2.52 bits per heavy atom. The predicted molar refractivity (Wildman–Crippen MR) is 91.6 cm³/mol. The number of carbonyl (C=O) groups is 1. The van der Waals surface area contributed by atoms with Crippen molar-refractivity contribution in [1.29, 1.82) is 0 Å². The second kappa shape index (κ2) is 5.91. The topological polar surface area (TPSA) is 46.3 Å². The third-order valence-electron chi connectivity index (χ3n) is 3.54. The fraction of sp³-hybridized carbons (Fsp3) is 0.188. The molecule has 2 N–H and O–H groups in total. The number of hydrogen-bond donors (Lipinski definition) is 1. The standard InChI is InChI=1S/C16H14Br2N2O/c17-12-5-11(6-13(18)8-12)16(21)20-9-14(19)7-10-3-1-2-4-15(10)20/h1-6,8,14H,7,9,19H2. The number of halogens is 2. The molecule has 0 saturated heterocycles. The van der Waals surface area contributed by atoms with Crippen molar-refractivity contribution in [2.75, 3.05) is 11.4 Å². The summed E-state index contributed by atoms with van der Waals surface area (Å²) in [5.74, 6) is -0.0281. The van der Waals surface area contributed by atoms with Gasteiger partial charge in [-0.25, -0.2) is 0 Å². The zero-order chi connectivity index (χ0) is 15.0. The number of para-hydroxylation sites is 1. The van der Waals surface area contributed by atoms with Gasteiger partial charge in [0.25, 0.3) is 5.91 Å². The molecule has 1 heterocycles. The van der Waals surface area contributed by atoms with Crippen LogP contribution in [0.5, 0.6) is 0 Å². The molecular formula is C16H14Br2N2O. The van der Waals surface area contributed by atoms with Crippen molar-refractivity contribution < 1.29 is 4.79 Å². The van der Waals surface area contributed by atoms with E-state index in [1.165, 1.54) is 0 Å². The molecule has 3 nitrogen and oxygen atoms in total. The van der Waals surface area contributed by atoms with E-state index in [0.717, 1.165) is 26.6 Å². The second-order valence-corrected chi connectivity index (χ2v) is 7.00. The van der Waals surface area contributed by atoms with Crippen LogP contribution < -0.4 is 10.6 Å². The summed E-state index contributed by atoms with van der Waals surface area (Å²) >= 11 is 6.85. The Morgan fingerprint density at radius 2 is 1.81 bits per heavy atom. The highest BCUT2D eigenvalue weighted by Crippen LogP contribution is 2.29. The van der Waals surface area contributed by atoms with Gasteiger partial charge in [0.05, 0.1) is 0 Å². The van der Waals surface area contributed by atoms with Crippen LogP contribution in [0.4, 0.5) is 5.69 Å². The molecule has 1 aliphatic heterocycles. The van der Waals surface area contributed by atoms with Crippen molar-refractivity contribution in [2.24, 2.45) is 5.73 Å². The first-order valence-corrected chi connectivity index (χ1v) is 8.24. The van der Waals surface area contributed by atoms with Crippen LogP contribution in [0.25, 0.3) is 0 Å². The maximum atomic E-state index is 12.8. The molecule has 0 saturated carbocycles. The minimum Gasteiger partial charge on any atom is -0.326 e. The molecule has 21 heavy (non-hydrogen) atoms. The van der Waals surface area contributed by atoms with Crippen LogP contribution in [0.3, 0.4) is 0 Å². The number of fused-ring (bicyclic) bond motifs is 1. The molecule has 0 aliphatic carbocycles. The molecule has 108 valence electrons. The molecule has 0 aromatic heterocycles. The number of nitrogens with two attached hydrogens (primary N) is 1. The highest BCUT2D eigenvalue weighted by atomic mass is 79.9. The molecule has 1 aliphatic rings. The molecule has 0 bridgehead atoms. The van der Waals surface area contributed by atoms with Gasteiger partial charge in [0, 0.05) is 32.8 Å². The Bertz CT molecular complexity index is 682. The summed E-state index contributed by atoms with van der Waals surface area (Å²) < 4.78 is 1.74. The van der Waals surface area contributed by atoms with Crippen molar-refractivity contribution in [3.8, 4) is 0 Å². The molecule has 5 heteroatoms. The van der Waals surface area contributed by atoms with Crippen LogP contribution in [-0.4, -0.2) is 18.5 Å². The molecule has 2 aromatic rings. The van der Waals surface area contributed by atoms with Gasteiger partial charge >= 0.3 is 0 Å². The van der Waals surface area contributed by atoms with E-state index in [1.54, 1.807) is 4.90 Å². The quantitative estimate of drug-likeness (QED) is 0.779. The maximum absolute atomic E-state index is 12.8. The first kappa shape index (κ1) is 14.8. The van der Waals surface area contributed by atoms with E-state index < -0.39 is 0 Å². The number of anilines is 1. The van der Waals surface area contributed by atoms with E-state index in [4.69, 9.17) is 5.73 Å². The van der Waals surface area contributed by atoms with Crippen LogP contribution in [-0.2, 0) is 6.42 Å². The van der Waals surface area contributed by atoms with Crippen molar-refractivity contribution in [1.82, 2.24) is 0 Å². The van der Waals surface area contributed by atoms with Gasteiger partial charge in [-0.05, 0) is 36.2 Å². The van der Waals surface area contributed by atoms with Crippen molar-refractivity contribution in [2.45, 2.75) is 12.5 Å². The second-order valence-electron chi connectivity index (χ2n) is 5.17. The average molecular weight is 410 g/mol. The monoisotopic (exact) mass is 408 g/mol. The largest absolute Gasteiger partial charge is 0.326 e. The lowest BCUT2D eigenvalue weighted by Crippen LogP contribution is -2.46. The van der Waals surface area contributed by atoms with Gasteiger partial charge in [-0.1, -0.05) is 50.1 Å². The molecular weight excluding hydrogens is 396 g/mol. The summed E-state index contributed by atoms with van der Waals surface area (Å²) in [6.07, 6.45) is 0.808. The first-order chi connectivity index (χ1) is 10.0. The Balaban J connectivity index is 2.02. The summed E-state index contributed by atoms with van der Waals surface area (Å²) in [5, 5.41) is 0. The van der Waals surface area contributed by atoms with E-state index in [2.05, 4.69) is 31.9 Å². The highest BCUT2D eigenvalue weighted by Gasteiger charge is 2.27. The number of rotatable bonds is 1. The first-order valence-electron chi connectivity index (χ1n) is 6.66. The van der Waals surface area contributed by atoms with Crippen molar-refractivity contribution >= 4 is 43.5 Å². The maximum Gasteiger partial charge on any atom is 0.258 e. The zero-order valence-corrected chi connectivity index (χ0v) is 14.4. The smallest absolute Gasteiger partial charge is 0.258 e. The average Bonchev–Trinajstić information content (AvgIpc) is 2.44. The van der Waals surface area contributed by atoms with Crippen LogP contribution in [0.15, 0.2) is 51.4 Å². The molecule has 1 atom stereocenters. The highest BCUT2D eigenvalue weighted by molar-refractivity contribution is 9.11. The summed E-state index contributed by atoms with van der Waals surface area (Å²) in [6, 6.07) is 13.5. The van der Waals surface area contributed by atoms with E-state index in [0.29, 0.717) is 12.1 Å². The normalized spacial score (nSPS) is 17.5. The van der Waals surface area contributed by atoms with E-state index in [1.807, 2.05) is 42.5 Å². The Morgan fingerprint density at radius 1 is 1.14 bits per heavy atom. The molecule has 0 spiro atoms. The van der Waals surface area contributed by atoms with Crippen LogP contribution in [0.2, 0.25) is 0 Å². The number of nitrogens with zero attached hydrogens (tertiary/aromatic N) is 1. The van der Waals surface area contributed by atoms with Gasteiger partial charge in [-0.2, -0.15) is 0 Å². The van der Waals surface area contributed by atoms with Crippen molar-refractivity contribution in [3.63, 3.8) is 0 Å². The Labute approximate surface area is 140 Å². The minimum atomic E-state index is -0.0283. The molecule has 0 fully saturated rings. The number of amides is 1. The summed E-state index contributed by atoms with van der Waals surface area (Å²) in [7, 11) is 0. The molecule has 2 aromatic carbocycles. The number of hydrogen-bond acceptors (Lipinski definition) is 2. The van der Waals surface area contributed by atoms with Gasteiger partial charge in [-0.15, -0.1) is 0 Å². The zero-order valence-electron chi connectivity index (χ0n) is 11.2. The van der Waals surface area contributed by atoms with Crippen molar-refractivity contribution in [3.05, 3.63) is 62.5 Å². The third-order valence-corrected chi connectivity index (χ3v) is 4.45. The molecule has 1 amide bonds. The predicted octanol–water partition coefficient (Wildman–Crippen LogP) is 3.74. The summed E-state index contributed by atoms with van der Waals surface area (Å²) in [5.41, 5.74) is 8.82. The Kier molecular flexibility index (Phi) is 4.15.